The van der Waals surface area contributed by atoms with Gasteiger partial charge in [0, 0.05) is 10.6 Å². The molecule has 0 fully saturated rings. The van der Waals surface area contributed by atoms with Gasteiger partial charge in [-0.1, -0.05) is 72.7 Å². The minimum absolute atomic E-state index is 0.387. The molecule has 0 bridgehead atoms. The van der Waals surface area contributed by atoms with Crippen LogP contribution < -0.4 is 15.6 Å². The Kier molecular flexibility index (Phi) is 5.58. The molecule has 3 nitrogen and oxygen atoms in total. The van der Waals surface area contributed by atoms with Crippen LogP contribution in [-0.2, 0) is 4.74 Å². The van der Waals surface area contributed by atoms with Gasteiger partial charge < -0.3 is 4.74 Å². The summed E-state index contributed by atoms with van der Waals surface area (Å²) >= 11 is 6.10. The van der Waals surface area contributed by atoms with Crippen LogP contribution in [0.5, 0.6) is 0 Å². The van der Waals surface area contributed by atoms with Gasteiger partial charge in [0.1, 0.15) is 14.4 Å². The smallest absolute Gasteiger partial charge is 0.337 e. The van der Waals surface area contributed by atoms with Crippen LogP contribution in [-0.4, -0.2) is 27.4 Å². The topological polar surface area (TPSA) is 43.4 Å². The fraction of sp³-hybridized carbons (Fsp3) is 0.0909. The number of hydrogen-bond donors (Lipinski definition) is 0. The van der Waals surface area contributed by atoms with Crippen LogP contribution in [0.25, 0.3) is 0 Å². The molecular weight excluding hydrogens is 376 g/mol. The third kappa shape index (κ3) is 3.46. The average Bonchev–Trinajstić information content (AvgIpc) is 2.73. The Morgan fingerprint density at radius 1 is 0.926 bits per heavy atom. The predicted molar refractivity (Wildman–Crippen MR) is 112 cm³/mol. The molecule has 0 radical (unpaired) electrons. The van der Waals surface area contributed by atoms with Crippen molar-refractivity contribution in [2.45, 2.75) is 6.55 Å². The van der Waals surface area contributed by atoms with Crippen LogP contribution in [0.1, 0.15) is 20.7 Å². The third-order valence-corrected chi connectivity index (χ3v) is 9.71. The Balaban J connectivity index is 2.38. The number of halogens is 1. The average molecular weight is 395 g/mol. The van der Waals surface area contributed by atoms with E-state index in [0.29, 0.717) is 16.1 Å². The molecule has 0 aromatic heterocycles. The molecule has 1 atom stereocenters. The minimum atomic E-state index is -2.68. The first-order chi connectivity index (χ1) is 13.0. The summed E-state index contributed by atoms with van der Waals surface area (Å²) in [4.78, 5) is 24.2. The molecular formula is C22H19ClO3Si. The zero-order valence-electron chi connectivity index (χ0n) is 15.1. The van der Waals surface area contributed by atoms with Crippen molar-refractivity contribution in [2.75, 3.05) is 7.11 Å². The maximum atomic E-state index is 12.5. The molecule has 0 amide bonds. The SMILES string of the molecule is COC(=O)c1ccccc1[Si@@](C)(c1ccc(Cl)cc1)c1ccccc1C=O. The lowest BCUT2D eigenvalue weighted by Gasteiger charge is -2.32. The molecule has 0 saturated heterocycles. The summed E-state index contributed by atoms with van der Waals surface area (Å²) in [5, 5.41) is 3.53. The number of rotatable bonds is 5. The monoisotopic (exact) mass is 394 g/mol. The maximum Gasteiger partial charge on any atom is 0.337 e. The van der Waals surface area contributed by atoms with E-state index in [0.717, 1.165) is 21.8 Å². The Morgan fingerprint density at radius 2 is 1.52 bits per heavy atom. The molecule has 5 heteroatoms. The quantitative estimate of drug-likeness (QED) is 0.289. The molecule has 27 heavy (non-hydrogen) atoms. The standard InChI is InChI=1S/C22H19ClO3Si/c1-26-22(25)19-8-4-6-10-21(19)27(2,18-13-11-17(23)12-14-18)20-9-5-3-7-16(20)15-24/h3-15H,1-2H3/t27-/m0/s1. The van der Waals surface area contributed by atoms with Crippen LogP contribution in [0.3, 0.4) is 0 Å². The number of carbonyl (C=O) groups is 2. The van der Waals surface area contributed by atoms with E-state index in [1.165, 1.54) is 7.11 Å². The van der Waals surface area contributed by atoms with E-state index >= 15 is 0 Å². The molecule has 0 N–H and O–H groups in total. The Bertz CT molecular complexity index is 985. The van der Waals surface area contributed by atoms with E-state index in [1.54, 1.807) is 6.07 Å². The minimum Gasteiger partial charge on any atom is -0.465 e. The Hall–Kier alpha value is -2.69. The van der Waals surface area contributed by atoms with Crippen molar-refractivity contribution < 1.29 is 14.3 Å². The number of methoxy groups -OCH3 is 1. The van der Waals surface area contributed by atoms with Crippen LogP contribution in [0.15, 0.2) is 72.8 Å². The highest BCUT2D eigenvalue weighted by Crippen LogP contribution is 2.15. The van der Waals surface area contributed by atoms with Gasteiger partial charge in [0.2, 0.25) is 0 Å². The van der Waals surface area contributed by atoms with E-state index < -0.39 is 8.07 Å². The summed E-state index contributed by atoms with van der Waals surface area (Å²) < 4.78 is 5.01. The summed E-state index contributed by atoms with van der Waals surface area (Å²) in [6, 6.07) is 22.6. The molecule has 3 aromatic rings. The molecule has 3 rings (SSSR count). The van der Waals surface area contributed by atoms with E-state index in [4.69, 9.17) is 16.3 Å². The van der Waals surface area contributed by atoms with Crippen molar-refractivity contribution in [3.63, 3.8) is 0 Å². The zero-order chi connectivity index (χ0) is 19.4. The number of hydrogen-bond acceptors (Lipinski definition) is 3. The van der Waals surface area contributed by atoms with Gasteiger partial charge in [-0.3, -0.25) is 4.79 Å². The van der Waals surface area contributed by atoms with Crippen molar-refractivity contribution in [2.24, 2.45) is 0 Å². The number of esters is 1. The molecule has 0 aliphatic carbocycles. The zero-order valence-corrected chi connectivity index (χ0v) is 16.9. The molecule has 136 valence electrons. The Labute approximate surface area is 164 Å². The summed E-state index contributed by atoms with van der Waals surface area (Å²) in [5.41, 5.74) is 1.14. The summed E-state index contributed by atoms with van der Waals surface area (Å²) in [6.07, 6.45) is 0.872. The van der Waals surface area contributed by atoms with Crippen LogP contribution >= 0.6 is 11.6 Å². The number of aldehydes is 1. The van der Waals surface area contributed by atoms with Gasteiger partial charge in [0.25, 0.3) is 0 Å². The highest BCUT2D eigenvalue weighted by Gasteiger charge is 2.38. The van der Waals surface area contributed by atoms with Gasteiger partial charge >= 0.3 is 5.97 Å². The largest absolute Gasteiger partial charge is 0.465 e. The predicted octanol–water partition coefficient (Wildman–Crippen LogP) is 3.04. The molecule has 0 unspecified atom stereocenters. The number of benzene rings is 3. The van der Waals surface area contributed by atoms with Crippen LogP contribution in [0.2, 0.25) is 11.6 Å². The number of ether oxygens (including phenoxy) is 1. The van der Waals surface area contributed by atoms with Crippen molar-refractivity contribution in [3.05, 3.63) is 88.9 Å². The van der Waals surface area contributed by atoms with Gasteiger partial charge in [-0.2, -0.15) is 0 Å². The highest BCUT2D eigenvalue weighted by atomic mass is 35.5. The van der Waals surface area contributed by atoms with Gasteiger partial charge in [0.05, 0.1) is 12.7 Å². The lowest BCUT2D eigenvalue weighted by Crippen LogP contribution is -2.66. The normalized spacial score (nSPS) is 12.9. The number of carbonyl (C=O) groups excluding carboxylic acids is 2. The summed E-state index contributed by atoms with van der Waals surface area (Å²) in [6.45, 7) is 2.14. The lowest BCUT2D eigenvalue weighted by atomic mass is 10.2. The first kappa shape index (κ1) is 19.1. The molecule has 0 heterocycles. The van der Waals surface area contributed by atoms with Gasteiger partial charge in [-0.15, -0.1) is 0 Å². The first-order valence-electron chi connectivity index (χ1n) is 8.51. The molecule has 0 saturated carbocycles. The molecule has 0 aliphatic heterocycles. The molecule has 0 aliphatic rings. The summed E-state index contributed by atoms with van der Waals surface area (Å²) in [7, 11) is -1.31. The van der Waals surface area contributed by atoms with Gasteiger partial charge in [-0.25, -0.2) is 4.79 Å². The lowest BCUT2D eigenvalue weighted by molar-refractivity contribution is 0.0602. The highest BCUT2D eigenvalue weighted by molar-refractivity contribution is 7.11. The second kappa shape index (κ2) is 7.90. The third-order valence-electron chi connectivity index (χ3n) is 4.92. The van der Waals surface area contributed by atoms with E-state index in [1.807, 2.05) is 66.7 Å². The molecule has 3 aromatic carbocycles. The van der Waals surface area contributed by atoms with Gasteiger partial charge in [-0.05, 0) is 33.8 Å². The fourth-order valence-corrected chi connectivity index (χ4v) is 7.68. The van der Waals surface area contributed by atoms with Crippen molar-refractivity contribution in [1.29, 1.82) is 0 Å². The van der Waals surface area contributed by atoms with E-state index in [-0.39, 0.29) is 5.97 Å². The molecule has 0 spiro atoms. The summed E-state index contributed by atoms with van der Waals surface area (Å²) in [5.74, 6) is -0.387. The first-order valence-corrected chi connectivity index (χ1v) is 11.4. The van der Waals surface area contributed by atoms with Crippen LogP contribution in [0.4, 0.5) is 0 Å². The fourth-order valence-electron chi connectivity index (χ4n) is 3.50. The van der Waals surface area contributed by atoms with Crippen molar-refractivity contribution >= 4 is 47.5 Å². The Morgan fingerprint density at radius 3 is 2.15 bits per heavy atom. The second-order valence-electron chi connectivity index (χ2n) is 6.37. The maximum absolute atomic E-state index is 12.5. The van der Waals surface area contributed by atoms with Crippen molar-refractivity contribution in [1.82, 2.24) is 0 Å². The van der Waals surface area contributed by atoms with Crippen LogP contribution in [0, 0.1) is 0 Å². The van der Waals surface area contributed by atoms with E-state index in [9.17, 15) is 9.59 Å². The van der Waals surface area contributed by atoms with E-state index in [2.05, 4.69) is 6.55 Å². The van der Waals surface area contributed by atoms with Gasteiger partial charge in [0.15, 0.2) is 0 Å². The van der Waals surface area contributed by atoms with Crippen molar-refractivity contribution in [3.8, 4) is 0 Å². The second-order valence-corrected chi connectivity index (χ2v) is 10.7.